The van der Waals surface area contributed by atoms with Crippen LogP contribution in [0.1, 0.15) is 26.2 Å². The van der Waals surface area contributed by atoms with E-state index in [1.165, 1.54) is 34.1 Å². The number of hydrogen-bond donors (Lipinski definition) is 0. The van der Waals surface area contributed by atoms with Gasteiger partial charge < -0.3 is 9.80 Å². The zero-order valence-corrected chi connectivity index (χ0v) is 17.8. The molecule has 172 valence electrons. The van der Waals surface area contributed by atoms with E-state index in [4.69, 9.17) is 0 Å². The van der Waals surface area contributed by atoms with Crippen molar-refractivity contribution in [3.05, 3.63) is 48.4 Å². The van der Waals surface area contributed by atoms with E-state index >= 15 is 0 Å². The van der Waals surface area contributed by atoms with Crippen molar-refractivity contribution >= 4 is 17.4 Å². The van der Waals surface area contributed by atoms with Gasteiger partial charge in [-0.2, -0.15) is 4.98 Å². The summed E-state index contributed by atoms with van der Waals surface area (Å²) in [5.41, 5.74) is 0.454. The van der Waals surface area contributed by atoms with Crippen LogP contribution in [0.3, 0.4) is 0 Å². The first kappa shape index (κ1) is 21.4. The fraction of sp³-hybridized carbons (Fsp3) is 0.364. The largest absolute Gasteiger partial charge is 0.339 e. The molecule has 2 aromatic heterocycles. The molecule has 2 aliphatic rings. The third-order valence-corrected chi connectivity index (χ3v) is 6.17. The number of anilines is 2. The number of hydrogen-bond acceptors (Lipinski definition) is 5. The molecular formula is C22H20F4N6O. The van der Waals surface area contributed by atoms with Crippen LogP contribution in [0.15, 0.2) is 36.8 Å². The van der Waals surface area contributed by atoms with E-state index in [9.17, 15) is 22.4 Å². The van der Waals surface area contributed by atoms with Crippen LogP contribution in [0, 0.1) is 11.6 Å². The van der Waals surface area contributed by atoms with Gasteiger partial charge in [-0.05, 0) is 18.6 Å². The SMILES string of the molecule is CC[C@@H]1C(=O)N(C)c2cnc(-n3ccnc3-c3ccc(F)cc3F)nc2N1C1CC(F)(F)C1. The summed E-state index contributed by atoms with van der Waals surface area (Å²) in [6.45, 7) is 1.82. The summed E-state index contributed by atoms with van der Waals surface area (Å²) in [4.78, 5) is 29.1. The Bertz CT molecular complexity index is 1240. The molecule has 1 atom stereocenters. The lowest BCUT2D eigenvalue weighted by Gasteiger charge is -2.49. The normalized spacial score (nSPS) is 20.1. The van der Waals surface area contributed by atoms with Crippen molar-refractivity contribution in [2.75, 3.05) is 16.8 Å². The van der Waals surface area contributed by atoms with E-state index < -0.39 is 29.6 Å². The van der Waals surface area contributed by atoms with Crippen LogP contribution in [0.4, 0.5) is 29.1 Å². The molecule has 0 bridgehead atoms. The molecule has 1 aliphatic carbocycles. The second-order valence-corrected chi connectivity index (χ2v) is 8.27. The van der Waals surface area contributed by atoms with Crippen molar-refractivity contribution < 1.29 is 22.4 Å². The Hall–Kier alpha value is -3.50. The van der Waals surface area contributed by atoms with Crippen LogP contribution in [-0.4, -0.2) is 50.5 Å². The second-order valence-electron chi connectivity index (χ2n) is 8.27. The van der Waals surface area contributed by atoms with Crippen molar-refractivity contribution in [3.63, 3.8) is 0 Å². The van der Waals surface area contributed by atoms with Gasteiger partial charge in [-0.1, -0.05) is 6.92 Å². The minimum Gasteiger partial charge on any atom is -0.339 e. The van der Waals surface area contributed by atoms with Gasteiger partial charge in [0.15, 0.2) is 5.82 Å². The average molecular weight is 460 g/mol. The fourth-order valence-corrected chi connectivity index (χ4v) is 4.47. The zero-order valence-electron chi connectivity index (χ0n) is 17.8. The second kappa shape index (κ2) is 7.53. The Morgan fingerprint density at radius 3 is 2.61 bits per heavy atom. The van der Waals surface area contributed by atoms with Crippen molar-refractivity contribution in [3.8, 4) is 17.3 Å². The molecule has 5 rings (SSSR count). The number of fused-ring (bicyclic) bond motifs is 1. The van der Waals surface area contributed by atoms with E-state index in [1.54, 1.807) is 11.9 Å². The Morgan fingerprint density at radius 1 is 1.18 bits per heavy atom. The van der Waals surface area contributed by atoms with Crippen LogP contribution in [0.2, 0.25) is 0 Å². The lowest BCUT2D eigenvalue weighted by Crippen LogP contribution is -2.61. The van der Waals surface area contributed by atoms with Gasteiger partial charge in [0, 0.05) is 44.4 Å². The first-order valence-electron chi connectivity index (χ1n) is 10.5. The number of alkyl halides is 2. The van der Waals surface area contributed by atoms with Crippen molar-refractivity contribution in [1.82, 2.24) is 19.5 Å². The van der Waals surface area contributed by atoms with Gasteiger partial charge in [-0.3, -0.25) is 9.36 Å². The number of halogens is 4. The number of nitrogens with zero attached hydrogens (tertiary/aromatic N) is 6. The maximum atomic E-state index is 14.4. The minimum absolute atomic E-state index is 0.0527. The van der Waals surface area contributed by atoms with Gasteiger partial charge in [-0.15, -0.1) is 0 Å². The molecule has 3 heterocycles. The molecule has 0 saturated heterocycles. The maximum Gasteiger partial charge on any atom is 0.252 e. The van der Waals surface area contributed by atoms with Gasteiger partial charge in [-0.25, -0.2) is 27.5 Å². The maximum absolute atomic E-state index is 14.4. The van der Waals surface area contributed by atoms with E-state index in [-0.39, 0.29) is 36.1 Å². The Morgan fingerprint density at radius 2 is 1.94 bits per heavy atom. The molecule has 0 unspecified atom stereocenters. The molecule has 1 aromatic carbocycles. The third-order valence-electron chi connectivity index (χ3n) is 6.17. The van der Waals surface area contributed by atoms with Gasteiger partial charge in [0.05, 0.1) is 11.8 Å². The zero-order chi connectivity index (χ0) is 23.5. The van der Waals surface area contributed by atoms with Crippen molar-refractivity contribution in [1.29, 1.82) is 0 Å². The quantitative estimate of drug-likeness (QED) is 0.552. The van der Waals surface area contributed by atoms with Gasteiger partial charge >= 0.3 is 0 Å². The highest BCUT2D eigenvalue weighted by Gasteiger charge is 2.52. The highest BCUT2D eigenvalue weighted by molar-refractivity contribution is 6.04. The predicted octanol–water partition coefficient (Wildman–Crippen LogP) is 3.97. The first-order chi connectivity index (χ1) is 15.7. The number of imidazole rings is 1. The lowest BCUT2D eigenvalue weighted by molar-refractivity contribution is -0.122. The number of amides is 1. The summed E-state index contributed by atoms with van der Waals surface area (Å²) in [5, 5.41) is 0. The van der Waals surface area contributed by atoms with E-state index in [0.717, 1.165) is 12.1 Å². The number of rotatable bonds is 4. The number of likely N-dealkylation sites (N-methyl/N-ethyl adjacent to an activating group) is 1. The molecule has 1 aliphatic heterocycles. The van der Waals surface area contributed by atoms with Crippen LogP contribution in [0.25, 0.3) is 17.3 Å². The van der Waals surface area contributed by atoms with E-state index in [1.807, 2.05) is 6.92 Å². The molecule has 0 N–H and O–H groups in total. The number of carbonyl (C=O) groups is 1. The molecule has 1 saturated carbocycles. The van der Waals surface area contributed by atoms with E-state index in [2.05, 4.69) is 15.0 Å². The predicted molar refractivity (Wildman–Crippen MR) is 112 cm³/mol. The summed E-state index contributed by atoms with van der Waals surface area (Å²) in [6, 6.07) is 1.97. The molecule has 7 nitrogen and oxygen atoms in total. The number of carbonyl (C=O) groups excluding carboxylic acids is 1. The van der Waals surface area contributed by atoms with Gasteiger partial charge in [0.25, 0.3) is 5.92 Å². The van der Waals surface area contributed by atoms with Crippen LogP contribution in [0.5, 0.6) is 0 Å². The van der Waals surface area contributed by atoms with E-state index in [0.29, 0.717) is 17.9 Å². The monoisotopic (exact) mass is 460 g/mol. The Labute approximate surface area is 186 Å². The molecule has 3 aromatic rings. The molecule has 11 heteroatoms. The molecule has 0 radical (unpaired) electrons. The fourth-order valence-electron chi connectivity index (χ4n) is 4.47. The van der Waals surface area contributed by atoms with Crippen LogP contribution in [-0.2, 0) is 4.79 Å². The third kappa shape index (κ3) is 3.42. The topological polar surface area (TPSA) is 67.2 Å². The van der Waals surface area contributed by atoms with Gasteiger partial charge in [0.2, 0.25) is 11.9 Å². The Kier molecular flexibility index (Phi) is 4.87. The first-order valence-corrected chi connectivity index (χ1v) is 10.5. The average Bonchev–Trinajstić information content (AvgIpc) is 3.23. The van der Waals surface area contributed by atoms with Crippen LogP contribution < -0.4 is 9.80 Å². The molecular weight excluding hydrogens is 440 g/mol. The standard InChI is InChI=1S/C22H20F4N6O/c1-3-16-20(33)30(2)17-11-28-21(29-19(17)32(16)13-9-22(25,26)10-13)31-7-6-27-18(31)14-5-4-12(23)8-15(14)24/h4-8,11,13,16H,3,9-10H2,1-2H3/t16-/m1/s1. The van der Waals surface area contributed by atoms with Crippen molar-refractivity contribution in [2.24, 2.45) is 0 Å². The molecule has 0 spiro atoms. The van der Waals surface area contributed by atoms with Gasteiger partial charge in [0.1, 0.15) is 29.2 Å². The highest BCUT2D eigenvalue weighted by Crippen LogP contribution is 2.46. The number of benzene rings is 1. The summed E-state index contributed by atoms with van der Waals surface area (Å²) < 4.78 is 56.6. The number of aromatic nitrogens is 4. The summed E-state index contributed by atoms with van der Waals surface area (Å²) in [7, 11) is 1.59. The van der Waals surface area contributed by atoms with Crippen molar-refractivity contribution in [2.45, 2.75) is 44.2 Å². The molecule has 1 amide bonds. The summed E-state index contributed by atoms with van der Waals surface area (Å²) in [5.74, 6) is -3.87. The smallest absolute Gasteiger partial charge is 0.252 e. The minimum atomic E-state index is -2.77. The lowest BCUT2D eigenvalue weighted by atomic mass is 9.85. The molecule has 33 heavy (non-hydrogen) atoms. The van der Waals surface area contributed by atoms with Crippen LogP contribution >= 0.6 is 0 Å². The highest BCUT2D eigenvalue weighted by atomic mass is 19.3. The molecule has 1 fully saturated rings. The summed E-state index contributed by atoms with van der Waals surface area (Å²) in [6.07, 6.45) is 4.08. The summed E-state index contributed by atoms with van der Waals surface area (Å²) >= 11 is 0. The Balaban J connectivity index is 1.61.